The highest BCUT2D eigenvalue weighted by Crippen LogP contribution is 2.29. The summed E-state index contributed by atoms with van der Waals surface area (Å²) in [5.74, 6) is 0.294. The van der Waals surface area contributed by atoms with Crippen LogP contribution in [0.3, 0.4) is 0 Å². The lowest BCUT2D eigenvalue weighted by Crippen LogP contribution is -2.41. The monoisotopic (exact) mass is 168 g/mol. The Balaban J connectivity index is 2.06. The molecule has 3 nitrogen and oxygen atoms in total. The van der Waals surface area contributed by atoms with Gasteiger partial charge in [0.15, 0.2) is 0 Å². The minimum absolute atomic E-state index is 0.294. The summed E-state index contributed by atoms with van der Waals surface area (Å²) < 4.78 is 0. The van der Waals surface area contributed by atoms with Crippen LogP contribution in [0.5, 0.6) is 0 Å². The molecule has 12 heavy (non-hydrogen) atoms. The Morgan fingerprint density at radius 3 is 2.83 bits per heavy atom. The summed E-state index contributed by atoms with van der Waals surface area (Å²) in [6, 6.07) is 1.02. The lowest BCUT2D eigenvalue weighted by molar-refractivity contribution is -0.132. The van der Waals surface area contributed by atoms with Gasteiger partial charge in [-0.1, -0.05) is 0 Å². The van der Waals surface area contributed by atoms with Gasteiger partial charge in [-0.25, -0.2) is 0 Å². The molecule has 1 saturated carbocycles. The highest BCUT2D eigenvalue weighted by Gasteiger charge is 2.36. The topological polar surface area (TPSA) is 32.3 Å². The number of carbonyl (C=O) groups excluding carboxylic acids is 1. The van der Waals surface area contributed by atoms with Gasteiger partial charge in [-0.2, -0.15) is 0 Å². The average molecular weight is 168 g/mol. The molecular weight excluding hydrogens is 152 g/mol. The second kappa shape index (κ2) is 3.05. The fourth-order valence-corrected chi connectivity index (χ4v) is 1.90. The van der Waals surface area contributed by atoms with Crippen molar-refractivity contribution in [2.45, 2.75) is 38.3 Å². The van der Waals surface area contributed by atoms with Gasteiger partial charge in [-0.15, -0.1) is 0 Å². The Hall–Kier alpha value is -0.570. The predicted molar refractivity (Wildman–Crippen MR) is 46.8 cm³/mol. The van der Waals surface area contributed by atoms with Crippen molar-refractivity contribution < 1.29 is 4.79 Å². The van der Waals surface area contributed by atoms with Gasteiger partial charge in [0.05, 0.1) is 6.54 Å². The Morgan fingerprint density at radius 1 is 1.42 bits per heavy atom. The number of carbonyl (C=O) groups is 1. The number of hydrogen-bond donors (Lipinski definition) is 1. The van der Waals surface area contributed by atoms with Crippen LogP contribution in [0, 0.1) is 0 Å². The zero-order valence-corrected chi connectivity index (χ0v) is 7.55. The minimum Gasteiger partial charge on any atom is -0.336 e. The molecule has 1 amide bonds. The third-order valence-electron chi connectivity index (χ3n) is 2.72. The van der Waals surface area contributed by atoms with Crippen LogP contribution in [-0.2, 0) is 4.79 Å². The first-order valence-corrected chi connectivity index (χ1v) is 4.81. The Labute approximate surface area is 73.1 Å². The van der Waals surface area contributed by atoms with Gasteiger partial charge in [0.1, 0.15) is 0 Å². The van der Waals surface area contributed by atoms with Crippen molar-refractivity contribution in [3.63, 3.8) is 0 Å². The van der Waals surface area contributed by atoms with Crippen molar-refractivity contribution in [3.05, 3.63) is 0 Å². The van der Waals surface area contributed by atoms with E-state index in [1.165, 1.54) is 12.8 Å². The van der Waals surface area contributed by atoms with Gasteiger partial charge in [-0.05, 0) is 32.7 Å². The quantitative estimate of drug-likeness (QED) is 0.613. The standard InChI is InChI=1S/C9H16N2O/c1-7-4-5-10-6-9(12)11(7)8-2-3-8/h7-8,10H,2-6H2,1H3. The lowest BCUT2D eigenvalue weighted by Gasteiger charge is -2.26. The largest absolute Gasteiger partial charge is 0.336 e. The molecule has 1 atom stereocenters. The van der Waals surface area contributed by atoms with Crippen LogP contribution in [0.25, 0.3) is 0 Å². The zero-order chi connectivity index (χ0) is 8.55. The predicted octanol–water partition coefficient (Wildman–Crippen LogP) is 0.359. The zero-order valence-electron chi connectivity index (χ0n) is 7.55. The van der Waals surface area contributed by atoms with E-state index in [-0.39, 0.29) is 0 Å². The summed E-state index contributed by atoms with van der Waals surface area (Å²) in [5.41, 5.74) is 0. The normalized spacial score (nSPS) is 31.9. The number of amides is 1. The number of hydrogen-bond acceptors (Lipinski definition) is 2. The van der Waals surface area contributed by atoms with E-state index in [0.717, 1.165) is 13.0 Å². The van der Waals surface area contributed by atoms with Gasteiger partial charge in [0.25, 0.3) is 0 Å². The summed E-state index contributed by atoms with van der Waals surface area (Å²) in [6.07, 6.45) is 3.54. The third kappa shape index (κ3) is 1.46. The van der Waals surface area contributed by atoms with Crippen molar-refractivity contribution in [2.75, 3.05) is 13.1 Å². The molecule has 68 valence electrons. The van der Waals surface area contributed by atoms with Gasteiger partial charge >= 0.3 is 0 Å². The number of nitrogens with zero attached hydrogens (tertiary/aromatic N) is 1. The molecule has 2 rings (SSSR count). The number of nitrogens with one attached hydrogen (secondary N) is 1. The van der Waals surface area contributed by atoms with E-state index in [1.54, 1.807) is 0 Å². The second-order valence-corrected chi connectivity index (χ2v) is 3.85. The van der Waals surface area contributed by atoms with Crippen molar-refractivity contribution in [2.24, 2.45) is 0 Å². The van der Waals surface area contributed by atoms with Crippen LogP contribution in [0.1, 0.15) is 26.2 Å². The van der Waals surface area contributed by atoms with Crippen LogP contribution in [0.4, 0.5) is 0 Å². The Bertz CT molecular complexity index is 189. The molecule has 0 aromatic rings. The molecule has 1 saturated heterocycles. The van der Waals surface area contributed by atoms with Gasteiger partial charge in [-0.3, -0.25) is 4.79 Å². The molecule has 2 fully saturated rings. The van der Waals surface area contributed by atoms with Crippen LogP contribution in [0.2, 0.25) is 0 Å². The molecule has 1 heterocycles. The van der Waals surface area contributed by atoms with E-state index in [1.807, 2.05) is 0 Å². The average Bonchev–Trinajstić information content (AvgIpc) is 2.80. The smallest absolute Gasteiger partial charge is 0.237 e. The first kappa shape index (κ1) is 8.05. The molecule has 2 aliphatic rings. The number of rotatable bonds is 1. The first-order chi connectivity index (χ1) is 5.79. The maximum atomic E-state index is 11.6. The maximum Gasteiger partial charge on any atom is 0.237 e. The Morgan fingerprint density at radius 2 is 2.17 bits per heavy atom. The second-order valence-electron chi connectivity index (χ2n) is 3.85. The fourth-order valence-electron chi connectivity index (χ4n) is 1.90. The molecule has 0 spiro atoms. The highest BCUT2D eigenvalue weighted by atomic mass is 16.2. The van der Waals surface area contributed by atoms with Gasteiger partial charge in [0.2, 0.25) is 5.91 Å². The van der Waals surface area contributed by atoms with E-state index in [9.17, 15) is 4.79 Å². The molecule has 3 heteroatoms. The third-order valence-corrected chi connectivity index (χ3v) is 2.72. The SMILES string of the molecule is CC1CCNCC(=O)N1C1CC1. The molecule has 0 radical (unpaired) electrons. The molecule has 1 N–H and O–H groups in total. The Kier molecular flexibility index (Phi) is 2.05. The van der Waals surface area contributed by atoms with Crippen molar-refractivity contribution in [1.29, 1.82) is 0 Å². The fraction of sp³-hybridized carbons (Fsp3) is 0.889. The molecule has 0 aromatic carbocycles. The molecule has 1 aliphatic carbocycles. The summed E-state index contributed by atoms with van der Waals surface area (Å²) in [7, 11) is 0. The van der Waals surface area contributed by atoms with Crippen molar-refractivity contribution in [3.8, 4) is 0 Å². The molecule has 1 unspecified atom stereocenters. The molecule has 1 aliphatic heterocycles. The van der Waals surface area contributed by atoms with E-state index in [2.05, 4.69) is 17.1 Å². The van der Waals surface area contributed by atoms with Crippen LogP contribution >= 0.6 is 0 Å². The summed E-state index contributed by atoms with van der Waals surface area (Å²) in [6.45, 7) is 3.68. The molecular formula is C9H16N2O. The molecule has 0 aromatic heterocycles. The first-order valence-electron chi connectivity index (χ1n) is 4.81. The van der Waals surface area contributed by atoms with Crippen LogP contribution in [0.15, 0.2) is 0 Å². The van der Waals surface area contributed by atoms with Gasteiger partial charge in [0, 0.05) is 12.1 Å². The van der Waals surface area contributed by atoms with E-state index >= 15 is 0 Å². The highest BCUT2D eigenvalue weighted by molar-refractivity contribution is 5.79. The van der Waals surface area contributed by atoms with E-state index < -0.39 is 0 Å². The summed E-state index contributed by atoms with van der Waals surface area (Å²) in [4.78, 5) is 13.7. The summed E-state index contributed by atoms with van der Waals surface area (Å²) >= 11 is 0. The van der Waals surface area contributed by atoms with Gasteiger partial charge < -0.3 is 10.2 Å². The minimum atomic E-state index is 0.294. The van der Waals surface area contributed by atoms with E-state index in [4.69, 9.17) is 0 Å². The molecule has 0 bridgehead atoms. The maximum absolute atomic E-state index is 11.6. The van der Waals surface area contributed by atoms with Crippen molar-refractivity contribution >= 4 is 5.91 Å². The lowest BCUT2D eigenvalue weighted by atomic mass is 10.2. The van der Waals surface area contributed by atoms with Crippen molar-refractivity contribution in [1.82, 2.24) is 10.2 Å². The van der Waals surface area contributed by atoms with Crippen LogP contribution in [-0.4, -0.2) is 36.0 Å². The van der Waals surface area contributed by atoms with Crippen LogP contribution < -0.4 is 5.32 Å². The van der Waals surface area contributed by atoms with E-state index in [0.29, 0.717) is 24.5 Å². The summed E-state index contributed by atoms with van der Waals surface area (Å²) in [5, 5.41) is 3.15.